The normalized spacial score (nSPS) is 10.1. The second kappa shape index (κ2) is 7.97. The van der Waals surface area contributed by atoms with Crippen LogP contribution in [-0.4, -0.2) is 38.0 Å². The topological polar surface area (TPSA) is 12.5 Å². The third kappa shape index (κ3) is 5.39. The van der Waals surface area contributed by atoms with Crippen molar-refractivity contribution in [2.75, 3.05) is 33.1 Å². The zero-order chi connectivity index (χ0) is 13.4. The number of ether oxygens (including phenoxy) is 1. The lowest BCUT2D eigenvalue weighted by Gasteiger charge is -2.12. The Labute approximate surface area is 113 Å². The number of hydrogen-bond donors (Lipinski definition) is 0. The maximum atomic E-state index is 13.2. The Morgan fingerprint density at radius 2 is 2.17 bits per heavy atom. The van der Waals surface area contributed by atoms with Gasteiger partial charge in [-0.1, -0.05) is 11.8 Å². The fraction of sp³-hybridized carbons (Fsp3) is 0.429. The molecule has 0 N–H and O–H groups in total. The average Bonchev–Trinajstić information content (AvgIpc) is 2.31. The van der Waals surface area contributed by atoms with Gasteiger partial charge in [0.1, 0.15) is 18.2 Å². The van der Waals surface area contributed by atoms with Gasteiger partial charge in [-0.05, 0) is 26.2 Å². The van der Waals surface area contributed by atoms with Gasteiger partial charge < -0.3 is 9.64 Å². The van der Waals surface area contributed by atoms with E-state index in [0.717, 1.165) is 6.54 Å². The van der Waals surface area contributed by atoms with E-state index in [1.54, 1.807) is 6.07 Å². The van der Waals surface area contributed by atoms with E-state index in [2.05, 4.69) is 11.8 Å². The maximum absolute atomic E-state index is 13.2. The van der Waals surface area contributed by atoms with Gasteiger partial charge in [0.05, 0.1) is 5.56 Å². The number of likely N-dealkylation sites (N-methyl/N-ethyl adjacent to an activating group) is 1. The van der Waals surface area contributed by atoms with Crippen LogP contribution in [0.4, 0.5) is 4.39 Å². The second-order valence-electron chi connectivity index (χ2n) is 4.03. The van der Waals surface area contributed by atoms with Crippen LogP contribution in [0.5, 0.6) is 5.75 Å². The summed E-state index contributed by atoms with van der Waals surface area (Å²) in [7, 11) is 3.91. The minimum atomic E-state index is -0.322. The molecule has 0 aliphatic carbocycles. The molecule has 0 spiro atoms. The van der Waals surface area contributed by atoms with Crippen molar-refractivity contribution < 1.29 is 9.13 Å². The van der Waals surface area contributed by atoms with E-state index in [-0.39, 0.29) is 5.82 Å². The third-order valence-corrected chi connectivity index (χ3v) is 2.37. The van der Waals surface area contributed by atoms with Gasteiger partial charge in [-0.15, -0.1) is 11.6 Å². The quantitative estimate of drug-likeness (QED) is 0.602. The molecule has 0 amide bonds. The summed E-state index contributed by atoms with van der Waals surface area (Å²) in [5, 5.41) is 0. The molecule has 0 fully saturated rings. The van der Waals surface area contributed by atoms with Crippen LogP contribution in [0.25, 0.3) is 0 Å². The van der Waals surface area contributed by atoms with Gasteiger partial charge in [0.2, 0.25) is 0 Å². The molecule has 4 heteroatoms. The van der Waals surface area contributed by atoms with Crippen LogP contribution >= 0.6 is 11.6 Å². The molecule has 1 rings (SSSR count). The summed E-state index contributed by atoms with van der Waals surface area (Å²) in [6.45, 7) is 1.27. The van der Waals surface area contributed by atoms with Crippen molar-refractivity contribution in [1.82, 2.24) is 4.90 Å². The summed E-state index contributed by atoms with van der Waals surface area (Å²) in [6, 6.07) is 4.37. The molecule has 1 aromatic carbocycles. The molecular formula is C14H17ClFNO. The van der Waals surface area contributed by atoms with E-state index in [4.69, 9.17) is 16.3 Å². The zero-order valence-corrected chi connectivity index (χ0v) is 11.4. The van der Waals surface area contributed by atoms with E-state index in [1.165, 1.54) is 12.1 Å². The Balaban J connectivity index is 2.74. The van der Waals surface area contributed by atoms with Crippen LogP contribution < -0.4 is 4.74 Å². The fourth-order valence-corrected chi connectivity index (χ4v) is 1.36. The van der Waals surface area contributed by atoms with Gasteiger partial charge in [0.15, 0.2) is 0 Å². The molecule has 18 heavy (non-hydrogen) atoms. The lowest BCUT2D eigenvalue weighted by molar-refractivity contribution is 0.260. The fourth-order valence-electron chi connectivity index (χ4n) is 1.26. The minimum Gasteiger partial charge on any atom is -0.491 e. The molecule has 0 atom stereocenters. The Morgan fingerprint density at radius 1 is 1.39 bits per heavy atom. The molecule has 0 aliphatic heterocycles. The van der Waals surface area contributed by atoms with Gasteiger partial charge in [-0.2, -0.15) is 0 Å². The molecule has 1 aromatic rings. The van der Waals surface area contributed by atoms with Crippen molar-refractivity contribution in [2.45, 2.75) is 6.42 Å². The molecule has 0 bridgehead atoms. The summed E-state index contributed by atoms with van der Waals surface area (Å²) < 4.78 is 18.7. The second-order valence-corrected chi connectivity index (χ2v) is 4.41. The van der Waals surface area contributed by atoms with Crippen molar-refractivity contribution in [3.63, 3.8) is 0 Å². The number of alkyl halides is 1. The van der Waals surface area contributed by atoms with Crippen LogP contribution in [-0.2, 0) is 0 Å². The largest absolute Gasteiger partial charge is 0.491 e. The molecule has 0 unspecified atom stereocenters. The minimum absolute atomic E-state index is 0.322. The van der Waals surface area contributed by atoms with Gasteiger partial charge >= 0.3 is 0 Å². The van der Waals surface area contributed by atoms with E-state index in [0.29, 0.717) is 30.2 Å². The highest BCUT2D eigenvalue weighted by Crippen LogP contribution is 2.19. The highest BCUT2D eigenvalue weighted by molar-refractivity contribution is 6.18. The SMILES string of the molecule is CN(C)CCOc1cc(F)ccc1C#CCCCl. The van der Waals surface area contributed by atoms with Crippen LogP contribution in [0.2, 0.25) is 0 Å². The van der Waals surface area contributed by atoms with E-state index < -0.39 is 0 Å². The van der Waals surface area contributed by atoms with E-state index in [1.807, 2.05) is 19.0 Å². The van der Waals surface area contributed by atoms with Gasteiger partial charge in [0, 0.05) is 24.9 Å². The predicted octanol–water partition coefficient (Wildman–Crippen LogP) is 2.75. The molecule has 0 saturated carbocycles. The number of halogens is 2. The van der Waals surface area contributed by atoms with Gasteiger partial charge in [-0.25, -0.2) is 4.39 Å². The first-order valence-corrected chi connectivity index (χ1v) is 6.29. The Bertz CT molecular complexity index is 437. The van der Waals surface area contributed by atoms with E-state index >= 15 is 0 Å². The molecular weight excluding hydrogens is 253 g/mol. The number of hydrogen-bond acceptors (Lipinski definition) is 2. The van der Waals surface area contributed by atoms with Crippen LogP contribution in [0.15, 0.2) is 18.2 Å². The van der Waals surface area contributed by atoms with Crippen LogP contribution in [0.3, 0.4) is 0 Å². The van der Waals surface area contributed by atoms with Crippen molar-refractivity contribution in [2.24, 2.45) is 0 Å². The molecule has 0 aliphatic rings. The molecule has 0 saturated heterocycles. The zero-order valence-electron chi connectivity index (χ0n) is 10.7. The number of rotatable bonds is 5. The molecule has 0 radical (unpaired) electrons. The summed E-state index contributed by atoms with van der Waals surface area (Å²) in [4.78, 5) is 2.00. The van der Waals surface area contributed by atoms with Crippen molar-refractivity contribution in [3.05, 3.63) is 29.6 Å². The van der Waals surface area contributed by atoms with Crippen molar-refractivity contribution >= 4 is 11.6 Å². The van der Waals surface area contributed by atoms with Gasteiger partial charge in [0.25, 0.3) is 0 Å². The van der Waals surface area contributed by atoms with Crippen molar-refractivity contribution in [3.8, 4) is 17.6 Å². The highest BCUT2D eigenvalue weighted by atomic mass is 35.5. The Kier molecular flexibility index (Phi) is 6.56. The lowest BCUT2D eigenvalue weighted by Crippen LogP contribution is -2.19. The molecule has 98 valence electrons. The first-order valence-electron chi connectivity index (χ1n) is 5.75. The first kappa shape index (κ1) is 14.8. The monoisotopic (exact) mass is 269 g/mol. The van der Waals surface area contributed by atoms with E-state index in [9.17, 15) is 4.39 Å². The summed E-state index contributed by atoms with van der Waals surface area (Å²) in [5.74, 6) is 6.51. The molecule has 2 nitrogen and oxygen atoms in total. The Hall–Kier alpha value is -1.24. The number of nitrogens with zero attached hydrogens (tertiary/aromatic N) is 1. The van der Waals surface area contributed by atoms with Crippen LogP contribution in [0, 0.1) is 17.7 Å². The smallest absolute Gasteiger partial charge is 0.137 e. The molecule has 0 aromatic heterocycles. The maximum Gasteiger partial charge on any atom is 0.137 e. The summed E-state index contributed by atoms with van der Waals surface area (Å²) >= 11 is 5.55. The molecule has 0 heterocycles. The number of benzene rings is 1. The average molecular weight is 270 g/mol. The van der Waals surface area contributed by atoms with Crippen LogP contribution in [0.1, 0.15) is 12.0 Å². The predicted molar refractivity (Wildman–Crippen MR) is 72.7 cm³/mol. The summed E-state index contributed by atoms with van der Waals surface area (Å²) in [6.07, 6.45) is 0.607. The highest BCUT2D eigenvalue weighted by Gasteiger charge is 2.03. The third-order valence-electron chi connectivity index (χ3n) is 2.18. The van der Waals surface area contributed by atoms with Crippen molar-refractivity contribution in [1.29, 1.82) is 0 Å². The Morgan fingerprint density at radius 3 is 2.83 bits per heavy atom. The van der Waals surface area contributed by atoms with Gasteiger partial charge in [-0.3, -0.25) is 0 Å². The summed E-state index contributed by atoms with van der Waals surface area (Å²) in [5.41, 5.74) is 0.695. The standard InChI is InChI=1S/C14H17ClFNO/c1-17(2)9-10-18-14-11-13(16)7-6-12(14)5-3-4-8-15/h6-7,11H,4,8-10H2,1-2H3. The first-order chi connectivity index (χ1) is 8.63. The lowest BCUT2D eigenvalue weighted by atomic mass is 10.2.